The second-order valence-corrected chi connectivity index (χ2v) is 9.10. The molecule has 10 heteroatoms. The van der Waals surface area contributed by atoms with Crippen molar-refractivity contribution < 1.29 is 32.7 Å². The zero-order valence-corrected chi connectivity index (χ0v) is 15.0. The molecule has 0 fully saturated rings. The Balaban J connectivity index is 1.93. The lowest BCUT2D eigenvalue weighted by Crippen LogP contribution is -2.00. The summed E-state index contributed by atoms with van der Waals surface area (Å²) in [5, 5.41) is 8.92. The summed E-state index contributed by atoms with van der Waals surface area (Å²) >= 11 is 4.86. The number of benzene rings is 2. The van der Waals surface area contributed by atoms with Crippen LogP contribution in [0.3, 0.4) is 0 Å². The lowest BCUT2D eigenvalue weighted by Gasteiger charge is -2.20. The number of phosphoric ester groups is 1. The molecule has 2 atom stereocenters. The summed E-state index contributed by atoms with van der Waals surface area (Å²) in [6.45, 7) is -4.09. The average molecular weight is 390 g/mol. The van der Waals surface area contributed by atoms with Gasteiger partial charge in [0.15, 0.2) is 0 Å². The normalized spacial score (nSPS) is 16.2. The fourth-order valence-corrected chi connectivity index (χ4v) is 4.76. The number of hydrogen-bond acceptors (Lipinski definition) is 7. The van der Waals surface area contributed by atoms with Crippen LogP contribution in [0.15, 0.2) is 60.7 Å². The van der Waals surface area contributed by atoms with Crippen LogP contribution in [0.4, 0.5) is 0 Å². The van der Waals surface area contributed by atoms with Gasteiger partial charge in [-0.3, -0.25) is 4.52 Å². The van der Waals surface area contributed by atoms with Gasteiger partial charge in [0.2, 0.25) is 0 Å². The molecule has 0 heterocycles. The molecule has 2 N–H and O–H groups in total. The molecule has 2 aromatic rings. The van der Waals surface area contributed by atoms with Crippen molar-refractivity contribution >= 4 is 26.3 Å². The van der Waals surface area contributed by atoms with Crippen molar-refractivity contribution in [3.05, 3.63) is 71.8 Å². The van der Waals surface area contributed by atoms with E-state index in [1.54, 1.807) is 54.6 Å². The summed E-state index contributed by atoms with van der Waals surface area (Å²) < 4.78 is 30.7. The lowest BCUT2D eigenvalue weighted by molar-refractivity contribution is -0.151. The van der Waals surface area contributed by atoms with E-state index in [4.69, 9.17) is 30.4 Å². The molecule has 0 aliphatic rings. The van der Waals surface area contributed by atoms with Crippen molar-refractivity contribution in [3.8, 4) is 0 Å². The van der Waals surface area contributed by atoms with Crippen molar-refractivity contribution in [2.45, 2.75) is 13.2 Å². The zero-order valence-electron chi connectivity index (χ0n) is 12.4. The highest BCUT2D eigenvalue weighted by molar-refractivity contribution is 8.08. The Morgan fingerprint density at radius 1 is 0.875 bits per heavy atom. The van der Waals surface area contributed by atoms with Crippen molar-refractivity contribution in [2.75, 3.05) is 0 Å². The molecular formula is C14H16O7P2S. The van der Waals surface area contributed by atoms with E-state index in [0.717, 1.165) is 5.56 Å². The van der Waals surface area contributed by atoms with E-state index < -0.39 is 14.5 Å². The third-order valence-electron chi connectivity index (χ3n) is 2.77. The fraction of sp³-hybridized carbons (Fsp3) is 0.143. The molecule has 0 bridgehead atoms. The third-order valence-corrected chi connectivity index (χ3v) is 6.61. The van der Waals surface area contributed by atoms with Crippen LogP contribution in [0.5, 0.6) is 0 Å². The smallest absolute Gasteiger partial charge is 0.302 e. The first-order chi connectivity index (χ1) is 11.4. The van der Waals surface area contributed by atoms with Gasteiger partial charge in [-0.1, -0.05) is 60.7 Å². The summed E-state index contributed by atoms with van der Waals surface area (Å²) in [4.78, 5) is 9.74. The summed E-state index contributed by atoms with van der Waals surface area (Å²) in [7, 11) is -4.58. The lowest BCUT2D eigenvalue weighted by atomic mass is 10.2. The predicted molar refractivity (Wildman–Crippen MR) is 91.4 cm³/mol. The van der Waals surface area contributed by atoms with E-state index in [2.05, 4.69) is 4.67 Å². The highest BCUT2D eigenvalue weighted by Gasteiger charge is 2.34. The molecule has 2 aromatic carbocycles. The Hall–Kier alpha value is -0.920. The molecule has 24 heavy (non-hydrogen) atoms. The molecule has 0 saturated carbocycles. The molecule has 0 spiro atoms. The van der Waals surface area contributed by atoms with Crippen LogP contribution in [-0.2, 0) is 47.6 Å². The Kier molecular flexibility index (Phi) is 7.25. The number of phosphoric acid groups is 1. The van der Waals surface area contributed by atoms with E-state index in [-0.39, 0.29) is 13.2 Å². The second-order valence-electron chi connectivity index (χ2n) is 4.60. The van der Waals surface area contributed by atoms with E-state index in [1.807, 2.05) is 6.07 Å². The van der Waals surface area contributed by atoms with Crippen LogP contribution < -0.4 is 0 Å². The second kappa shape index (κ2) is 8.97. The molecule has 0 aromatic heterocycles. The van der Waals surface area contributed by atoms with Gasteiger partial charge in [0.05, 0.1) is 13.2 Å². The maximum Gasteiger partial charge on any atom is 0.479 e. The standard InChI is InChI=1S/C14H16O7P2S/c15-20-23(24,19-12-14-9-5-2-6-10-14)21-22(16,17)18-11-13-7-3-1-4-8-13/h1-10,15H,11-12H2,(H,16,17). The quantitative estimate of drug-likeness (QED) is 0.373. The van der Waals surface area contributed by atoms with Gasteiger partial charge in [-0.15, -0.1) is 0 Å². The average Bonchev–Trinajstić information content (AvgIpc) is 2.60. The molecule has 0 amide bonds. The highest BCUT2D eigenvalue weighted by Crippen LogP contribution is 2.63. The maximum atomic E-state index is 12.0. The van der Waals surface area contributed by atoms with E-state index in [1.165, 1.54) is 0 Å². The Bertz CT molecular complexity index is 726. The van der Waals surface area contributed by atoms with Gasteiger partial charge in [-0.05, 0) is 22.9 Å². The maximum absolute atomic E-state index is 12.0. The van der Waals surface area contributed by atoms with Crippen LogP contribution >= 0.6 is 14.5 Å². The minimum absolute atomic E-state index is 0.0582. The monoisotopic (exact) mass is 390 g/mol. The Morgan fingerprint density at radius 3 is 1.79 bits per heavy atom. The van der Waals surface area contributed by atoms with Crippen LogP contribution in [0, 0.1) is 0 Å². The molecular weight excluding hydrogens is 374 g/mol. The van der Waals surface area contributed by atoms with Crippen LogP contribution in [0.25, 0.3) is 0 Å². The summed E-state index contributed by atoms with van der Waals surface area (Å²) in [5.41, 5.74) is 1.39. The van der Waals surface area contributed by atoms with E-state index in [9.17, 15) is 9.46 Å². The van der Waals surface area contributed by atoms with E-state index >= 15 is 0 Å². The van der Waals surface area contributed by atoms with Crippen LogP contribution in [-0.4, -0.2) is 10.2 Å². The summed E-state index contributed by atoms with van der Waals surface area (Å²) in [5.74, 6) is 0. The van der Waals surface area contributed by atoms with Gasteiger partial charge >= 0.3 is 14.5 Å². The number of rotatable bonds is 9. The van der Waals surface area contributed by atoms with Crippen LogP contribution in [0.1, 0.15) is 11.1 Å². The number of hydrogen-bond donors (Lipinski definition) is 2. The summed E-state index contributed by atoms with van der Waals surface area (Å²) in [6.07, 6.45) is 0. The predicted octanol–water partition coefficient (Wildman–Crippen LogP) is 4.25. The molecule has 0 saturated heterocycles. The summed E-state index contributed by atoms with van der Waals surface area (Å²) in [6, 6.07) is 17.6. The minimum Gasteiger partial charge on any atom is -0.302 e. The van der Waals surface area contributed by atoms with Gasteiger partial charge in [0, 0.05) is 0 Å². The van der Waals surface area contributed by atoms with E-state index in [0.29, 0.717) is 5.56 Å². The van der Waals surface area contributed by atoms with Gasteiger partial charge in [0.1, 0.15) is 0 Å². The molecule has 2 rings (SSSR count). The zero-order chi connectivity index (χ0) is 17.5. The molecule has 130 valence electrons. The first kappa shape index (κ1) is 19.4. The first-order valence-electron chi connectivity index (χ1n) is 6.77. The van der Waals surface area contributed by atoms with Crippen molar-refractivity contribution in [3.63, 3.8) is 0 Å². The Morgan fingerprint density at radius 2 is 1.33 bits per heavy atom. The SMILES string of the molecule is O=P(O)(OCc1ccccc1)OP(=S)(OO)OCc1ccccc1. The van der Waals surface area contributed by atoms with Crippen molar-refractivity contribution in [2.24, 2.45) is 0 Å². The van der Waals surface area contributed by atoms with Crippen molar-refractivity contribution in [1.29, 1.82) is 0 Å². The first-order valence-corrected chi connectivity index (χ1v) is 10.8. The third kappa shape index (κ3) is 6.53. The minimum atomic E-state index is -4.58. The molecule has 0 radical (unpaired) electrons. The van der Waals surface area contributed by atoms with Crippen LogP contribution in [0.2, 0.25) is 0 Å². The molecule has 2 unspecified atom stereocenters. The van der Waals surface area contributed by atoms with Gasteiger partial charge < -0.3 is 9.42 Å². The largest absolute Gasteiger partial charge is 0.479 e. The topological polar surface area (TPSA) is 94.5 Å². The highest BCUT2D eigenvalue weighted by atomic mass is 32.5. The molecule has 0 aliphatic heterocycles. The van der Waals surface area contributed by atoms with Gasteiger partial charge in [-0.25, -0.2) is 14.1 Å². The van der Waals surface area contributed by atoms with Gasteiger partial charge in [-0.2, -0.15) is 4.67 Å². The Labute approximate surface area is 144 Å². The molecule has 7 nitrogen and oxygen atoms in total. The van der Waals surface area contributed by atoms with Gasteiger partial charge in [0.25, 0.3) is 0 Å². The fourth-order valence-electron chi connectivity index (χ4n) is 1.67. The molecule has 0 aliphatic carbocycles. The van der Waals surface area contributed by atoms with Crippen molar-refractivity contribution in [1.82, 2.24) is 0 Å².